The molecule has 0 unspecified atom stereocenters. The normalized spacial score (nSPS) is 11.4. The van der Waals surface area contributed by atoms with Crippen molar-refractivity contribution in [3.8, 4) is 11.5 Å². The minimum Gasteiger partial charge on any atom is -0.493 e. The monoisotopic (exact) mass is 395 g/mol. The number of benzene rings is 1. The van der Waals surface area contributed by atoms with Crippen molar-refractivity contribution in [3.63, 3.8) is 0 Å². The van der Waals surface area contributed by atoms with Gasteiger partial charge < -0.3 is 9.47 Å². The molecule has 8 heteroatoms. The molecule has 0 aliphatic carbocycles. The van der Waals surface area contributed by atoms with E-state index >= 15 is 0 Å². The van der Waals surface area contributed by atoms with Gasteiger partial charge in [0.1, 0.15) is 5.01 Å². The van der Waals surface area contributed by atoms with E-state index in [9.17, 15) is 4.79 Å². The van der Waals surface area contributed by atoms with Crippen LogP contribution in [0.1, 0.15) is 44.2 Å². The molecule has 1 heterocycles. The molecular formula is C18H22ClN3O3S. The van der Waals surface area contributed by atoms with Gasteiger partial charge in [-0.2, -0.15) is 0 Å². The molecule has 140 valence electrons. The molecule has 0 saturated heterocycles. The number of nitrogens with one attached hydrogen (secondary N) is 1. The highest BCUT2D eigenvalue weighted by molar-refractivity contribution is 7.15. The zero-order valence-corrected chi connectivity index (χ0v) is 16.9. The van der Waals surface area contributed by atoms with E-state index in [0.717, 1.165) is 10.6 Å². The van der Waals surface area contributed by atoms with Crippen LogP contribution < -0.4 is 14.8 Å². The van der Waals surface area contributed by atoms with E-state index in [4.69, 9.17) is 21.1 Å². The molecule has 0 saturated carbocycles. The number of aromatic nitrogens is 2. The van der Waals surface area contributed by atoms with Crippen LogP contribution in [0.15, 0.2) is 18.2 Å². The maximum atomic E-state index is 12.1. The van der Waals surface area contributed by atoms with E-state index in [0.29, 0.717) is 21.7 Å². The number of carbonyl (C=O) groups excluding carboxylic acids is 1. The van der Waals surface area contributed by atoms with Crippen molar-refractivity contribution in [1.29, 1.82) is 0 Å². The topological polar surface area (TPSA) is 73.3 Å². The first-order valence-electron chi connectivity index (χ1n) is 8.16. The fraction of sp³-hybridized carbons (Fsp3) is 0.389. The molecule has 1 amide bonds. The summed E-state index contributed by atoms with van der Waals surface area (Å²) in [6, 6.07) is 3.47. The predicted molar refractivity (Wildman–Crippen MR) is 105 cm³/mol. The molecule has 0 spiro atoms. The maximum Gasteiger partial charge on any atom is 0.250 e. The lowest BCUT2D eigenvalue weighted by atomic mass is 10.2. The van der Waals surface area contributed by atoms with Gasteiger partial charge in [-0.25, -0.2) is 0 Å². The van der Waals surface area contributed by atoms with Crippen LogP contribution in [0.5, 0.6) is 11.5 Å². The van der Waals surface area contributed by atoms with E-state index in [1.807, 2.05) is 27.7 Å². The van der Waals surface area contributed by atoms with Gasteiger partial charge in [-0.15, -0.1) is 10.2 Å². The quantitative estimate of drug-likeness (QED) is 0.684. The number of methoxy groups -OCH3 is 1. The summed E-state index contributed by atoms with van der Waals surface area (Å²) in [6.45, 7) is 7.86. The molecule has 26 heavy (non-hydrogen) atoms. The number of nitrogens with zero attached hydrogens (tertiary/aromatic N) is 2. The third-order valence-electron chi connectivity index (χ3n) is 3.20. The molecule has 1 N–H and O–H groups in total. The summed E-state index contributed by atoms with van der Waals surface area (Å²) in [5.74, 6) is 0.974. The van der Waals surface area contributed by atoms with Crippen LogP contribution in [-0.4, -0.2) is 29.3 Å². The lowest BCUT2D eigenvalue weighted by Gasteiger charge is -2.15. The molecule has 0 aliphatic heterocycles. The lowest BCUT2D eigenvalue weighted by molar-refractivity contribution is -0.111. The van der Waals surface area contributed by atoms with Crippen LogP contribution >= 0.6 is 22.9 Å². The largest absolute Gasteiger partial charge is 0.493 e. The molecular weight excluding hydrogens is 374 g/mol. The summed E-state index contributed by atoms with van der Waals surface area (Å²) >= 11 is 7.64. The van der Waals surface area contributed by atoms with Gasteiger partial charge in [-0.05, 0) is 37.6 Å². The van der Waals surface area contributed by atoms with Gasteiger partial charge in [0.25, 0.3) is 0 Å². The van der Waals surface area contributed by atoms with Gasteiger partial charge in [0.05, 0.1) is 18.2 Å². The zero-order chi connectivity index (χ0) is 19.3. The summed E-state index contributed by atoms with van der Waals surface area (Å²) in [5, 5.41) is 12.5. The van der Waals surface area contributed by atoms with Crippen LogP contribution in [-0.2, 0) is 4.79 Å². The Morgan fingerprint density at radius 1 is 1.27 bits per heavy atom. The standard InChI is InChI=1S/C18H22ClN3O3S/c1-10(2)17-21-22-18(26-17)20-15(23)7-6-12-8-13(19)16(25-11(3)4)14(9-12)24-5/h6-11H,1-5H3,(H,20,22,23)/b7-6+. The smallest absolute Gasteiger partial charge is 0.250 e. The maximum absolute atomic E-state index is 12.1. The first-order valence-corrected chi connectivity index (χ1v) is 9.36. The highest BCUT2D eigenvalue weighted by Gasteiger charge is 2.13. The second-order valence-electron chi connectivity index (χ2n) is 6.12. The summed E-state index contributed by atoms with van der Waals surface area (Å²) in [4.78, 5) is 12.1. The van der Waals surface area contributed by atoms with Gasteiger partial charge >= 0.3 is 0 Å². The fourth-order valence-corrected chi connectivity index (χ4v) is 3.04. The van der Waals surface area contributed by atoms with Gasteiger partial charge in [-0.1, -0.05) is 36.8 Å². The van der Waals surface area contributed by atoms with Gasteiger partial charge in [0.2, 0.25) is 11.0 Å². The minimum atomic E-state index is -0.297. The summed E-state index contributed by atoms with van der Waals surface area (Å²) in [5.41, 5.74) is 0.721. The predicted octanol–water partition coefficient (Wildman–Crippen LogP) is 4.76. The van der Waals surface area contributed by atoms with E-state index < -0.39 is 0 Å². The number of ether oxygens (including phenoxy) is 2. The minimum absolute atomic E-state index is 0.0313. The van der Waals surface area contributed by atoms with Gasteiger partial charge in [0.15, 0.2) is 11.5 Å². The molecule has 0 aliphatic rings. The third kappa shape index (κ3) is 5.44. The molecule has 0 bridgehead atoms. The average Bonchev–Trinajstić information content (AvgIpc) is 3.03. The number of amides is 1. The molecule has 2 aromatic rings. The number of rotatable bonds is 7. The van der Waals surface area contributed by atoms with E-state index in [1.165, 1.54) is 17.4 Å². The second kappa shape index (κ2) is 9.00. The summed E-state index contributed by atoms with van der Waals surface area (Å²) in [7, 11) is 1.54. The first-order chi connectivity index (χ1) is 12.3. The zero-order valence-electron chi connectivity index (χ0n) is 15.4. The van der Waals surface area contributed by atoms with Crippen molar-refractivity contribution in [2.75, 3.05) is 12.4 Å². The lowest BCUT2D eigenvalue weighted by Crippen LogP contribution is -2.08. The highest BCUT2D eigenvalue weighted by Crippen LogP contribution is 2.37. The average molecular weight is 396 g/mol. The molecule has 1 aromatic heterocycles. The Balaban J connectivity index is 2.11. The number of halogens is 1. The van der Waals surface area contributed by atoms with E-state index in [-0.39, 0.29) is 17.9 Å². The molecule has 2 rings (SSSR count). The Bertz CT molecular complexity index is 803. The third-order valence-corrected chi connectivity index (χ3v) is 4.62. The molecule has 0 atom stereocenters. The van der Waals surface area contributed by atoms with Crippen LogP contribution in [0.25, 0.3) is 6.08 Å². The molecule has 0 radical (unpaired) electrons. The Labute approximate surface area is 162 Å². The van der Waals surface area contributed by atoms with Crippen LogP contribution in [0.2, 0.25) is 5.02 Å². The van der Waals surface area contributed by atoms with Crippen LogP contribution in [0.3, 0.4) is 0 Å². The fourth-order valence-electron chi connectivity index (χ4n) is 2.02. The van der Waals surface area contributed by atoms with Gasteiger partial charge in [0, 0.05) is 12.0 Å². The number of anilines is 1. The number of carbonyl (C=O) groups is 1. The summed E-state index contributed by atoms with van der Waals surface area (Å²) in [6.07, 6.45) is 3.02. The Morgan fingerprint density at radius 3 is 2.58 bits per heavy atom. The Hall–Kier alpha value is -2.12. The van der Waals surface area contributed by atoms with Crippen molar-refractivity contribution < 1.29 is 14.3 Å². The van der Waals surface area contributed by atoms with Crippen LogP contribution in [0.4, 0.5) is 5.13 Å². The summed E-state index contributed by atoms with van der Waals surface area (Å²) < 4.78 is 11.0. The van der Waals surface area contributed by atoms with E-state index in [2.05, 4.69) is 15.5 Å². The van der Waals surface area contributed by atoms with E-state index in [1.54, 1.807) is 25.3 Å². The van der Waals surface area contributed by atoms with Crippen molar-refractivity contribution in [3.05, 3.63) is 33.8 Å². The molecule has 1 aromatic carbocycles. The van der Waals surface area contributed by atoms with Gasteiger partial charge in [-0.3, -0.25) is 10.1 Å². The molecule has 6 nitrogen and oxygen atoms in total. The first kappa shape index (κ1) is 20.2. The van der Waals surface area contributed by atoms with Crippen molar-refractivity contribution >= 4 is 40.1 Å². The second-order valence-corrected chi connectivity index (χ2v) is 7.54. The van der Waals surface area contributed by atoms with Crippen molar-refractivity contribution in [2.24, 2.45) is 0 Å². The van der Waals surface area contributed by atoms with Crippen molar-refractivity contribution in [1.82, 2.24) is 10.2 Å². The highest BCUT2D eigenvalue weighted by atomic mass is 35.5. The number of hydrogen-bond acceptors (Lipinski definition) is 6. The Morgan fingerprint density at radius 2 is 2.00 bits per heavy atom. The number of hydrogen-bond donors (Lipinski definition) is 1. The Kier molecular flexibility index (Phi) is 6.99. The van der Waals surface area contributed by atoms with Crippen molar-refractivity contribution in [2.45, 2.75) is 39.7 Å². The van der Waals surface area contributed by atoms with Crippen LogP contribution in [0, 0.1) is 0 Å². The molecule has 0 fully saturated rings. The SMILES string of the molecule is COc1cc(/C=C/C(=O)Nc2nnc(C(C)C)s2)cc(Cl)c1OC(C)C.